The molecule has 82 valence electrons. The number of hydrogen-bond donors (Lipinski definition) is 0. The summed E-state index contributed by atoms with van der Waals surface area (Å²) in [7, 11) is -3.44. The Bertz CT molecular complexity index is 447. The zero-order valence-corrected chi connectivity index (χ0v) is 9.13. The van der Waals surface area contributed by atoms with Crippen LogP contribution in [0.3, 0.4) is 0 Å². The van der Waals surface area contributed by atoms with Crippen molar-refractivity contribution in [3.05, 3.63) is 30.1 Å². The fraction of sp³-hybridized carbons (Fsp3) is 0.455. The first-order chi connectivity index (χ1) is 7.12. The number of benzene rings is 1. The molecule has 0 saturated heterocycles. The molecule has 0 aromatic heterocycles. The molecule has 1 aliphatic carbocycles. The summed E-state index contributed by atoms with van der Waals surface area (Å²) in [5.74, 6) is -0.635. The van der Waals surface area contributed by atoms with Crippen LogP contribution in [0.4, 0.5) is 4.39 Å². The van der Waals surface area contributed by atoms with Crippen LogP contribution in [0, 0.1) is 5.82 Å². The Morgan fingerprint density at radius 2 is 1.73 bits per heavy atom. The van der Waals surface area contributed by atoms with Gasteiger partial charge in [0.05, 0.1) is 5.25 Å². The van der Waals surface area contributed by atoms with E-state index in [1.165, 1.54) is 18.2 Å². The van der Waals surface area contributed by atoms with E-state index in [1.807, 2.05) is 0 Å². The predicted molar refractivity (Wildman–Crippen MR) is 55.8 cm³/mol. The van der Waals surface area contributed by atoms with Gasteiger partial charge in [0.15, 0.2) is 9.84 Å². The first kappa shape index (κ1) is 10.6. The molecule has 2 nitrogen and oxygen atoms in total. The van der Waals surface area contributed by atoms with E-state index in [-0.39, 0.29) is 10.1 Å². The highest BCUT2D eigenvalue weighted by molar-refractivity contribution is 7.92. The van der Waals surface area contributed by atoms with Gasteiger partial charge in [0.25, 0.3) is 0 Å². The maximum absolute atomic E-state index is 13.4. The molecule has 0 radical (unpaired) electrons. The van der Waals surface area contributed by atoms with Gasteiger partial charge in [-0.15, -0.1) is 0 Å². The molecular weight excluding hydrogens is 215 g/mol. The smallest absolute Gasteiger partial charge is 0.184 e. The Labute approximate surface area is 89.0 Å². The van der Waals surface area contributed by atoms with Crippen LogP contribution in [-0.2, 0) is 9.84 Å². The molecule has 0 amide bonds. The zero-order chi connectivity index (χ0) is 10.9. The van der Waals surface area contributed by atoms with Crippen LogP contribution in [0.15, 0.2) is 29.2 Å². The van der Waals surface area contributed by atoms with E-state index in [9.17, 15) is 12.8 Å². The van der Waals surface area contributed by atoms with E-state index >= 15 is 0 Å². The van der Waals surface area contributed by atoms with E-state index < -0.39 is 15.7 Å². The van der Waals surface area contributed by atoms with Crippen molar-refractivity contribution in [3.63, 3.8) is 0 Å². The fourth-order valence-electron chi connectivity index (χ4n) is 2.05. The third-order valence-electron chi connectivity index (χ3n) is 2.88. The summed E-state index contributed by atoms with van der Waals surface area (Å²) < 4.78 is 37.4. The highest BCUT2D eigenvalue weighted by atomic mass is 32.2. The topological polar surface area (TPSA) is 34.1 Å². The first-order valence-electron chi connectivity index (χ1n) is 5.11. The number of halogens is 1. The molecule has 0 unspecified atom stereocenters. The molecule has 2 rings (SSSR count). The Morgan fingerprint density at radius 3 is 2.33 bits per heavy atom. The normalized spacial score (nSPS) is 18.2. The molecule has 1 aromatic rings. The molecule has 0 N–H and O–H groups in total. The van der Waals surface area contributed by atoms with Crippen molar-refractivity contribution in [2.75, 3.05) is 0 Å². The fourth-order valence-corrected chi connectivity index (χ4v) is 3.97. The molecule has 1 fully saturated rings. The maximum atomic E-state index is 13.4. The summed E-state index contributed by atoms with van der Waals surface area (Å²) in [6, 6.07) is 5.61. The lowest BCUT2D eigenvalue weighted by molar-refractivity contribution is 0.556. The zero-order valence-electron chi connectivity index (χ0n) is 8.32. The van der Waals surface area contributed by atoms with Crippen molar-refractivity contribution in [1.29, 1.82) is 0 Å². The van der Waals surface area contributed by atoms with Gasteiger partial charge in [0.2, 0.25) is 0 Å². The Balaban J connectivity index is 2.41. The monoisotopic (exact) mass is 228 g/mol. The van der Waals surface area contributed by atoms with Crippen LogP contribution >= 0.6 is 0 Å². The van der Waals surface area contributed by atoms with Crippen molar-refractivity contribution in [2.24, 2.45) is 0 Å². The predicted octanol–water partition coefficient (Wildman–Crippen LogP) is 2.54. The maximum Gasteiger partial charge on any atom is 0.184 e. The molecular formula is C11H13FO2S. The van der Waals surface area contributed by atoms with Crippen LogP contribution < -0.4 is 0 Å². The van der Waals surface area contributed by atoms with Crippen molar-refractivity contribution in [1.82, 2.24) is 0 Å². The lowest BCUT2D eigenvalue weighted by Gasteiger charge is -2.11. The van der Waals surface area contributed by atoms with Crippen molar-refractivity contribution in [2.45, 2.75) is 35.8 Å². The van der Waals surface area contributed by atoms with Gasteiger partial charge in [-0.3, -0.25) is 0 Å². The Hall–Kier alpha value is -0.900. The second kappa shape index (κ2) is 3.93. The molecule has 0 spiro atoms. The average molecular weight is 228 g/mol. The third-order valence-corrected chi connectivity index (χ3v) is 5.18. The minimum Gasteiger partial charge on any atom is -0.223 e. The minimum atomic E-state index is -3.44. The van der Waals surface area contributed by atoms with Crippen LogP contribution in [0.1, 0.15) is 25.7 Å². The van der Waals surface area contributed by atoms with Gasteiger partial charge < -0.3 is 0 Å². The van der Waals surface area contributed by atoms with E-state index in [0.717, 1.165) is 12.8 Å². The van der Waals surface area contributed by atoms with Crippen molar-refractivity contribution in [3.8, 4) is 0 Å². The standard InChI is InChI=1S/C11H13FO2S/c12-10-7-3-4-8-11(10)15(13,14)9-5-1-2-6-9/h3-4,7-9H,1-2,5-6H2. The van der Waals surface area contributed by atoms with Crippen molar-refractivity contribution < 1.29 is 12.8 Å². The molecule has 15 heavy (non-hydrogen) atoms. The minimum absolute atomic E-state index is 0.142. The summed E-state index contributed by atoms with van der Waals surface area (Å²) in [6.07, 6.45) is 3.18. The van der Waals surface area contributed by atoms with E-state index in [1.54, 1.807) is 6.07 Å². The number of sulfone groups is 1. The molecule has 4 heteroatoms. The SMILES string of the molecule is O=S(=O)(c1ccccc1F)C1CCCC1. The summed E-state index contributed by atoms with van der Waals surface area (Å²) in [5, 5.41) is -0.380. The molecule has 0 aliphatic heterocycles. The Morgan fingerprint density at radius 1 is 1.13 bits per heavy atom. The van der Waals surface area contributed by atoms with E-state index in [2.05, 4.69) is 0 Å². The van der Waals surface area contributed by atoms with Gasteiger partial charge in [0, 0.05) is 0 Å². The van der Waals surface area contributed by atoms with Crippen LogP contribution in [0.25, 0.3) is 0 Å². The average Bonchev–Trinajstić information content (AvgIpc) is 2.71. The van der Waals surface area contributed by atoms with Gasteiger partial charge in [-0.25, -0.2) is 12.8 Å². The van der Waals surface area contributed by atoms with E-state index in [0.29, 0.717) is 12.8 Å². The lowest BCUT2D eigenvalue weighted by atomic mass is 10.3. The van der Waals surface area contributed by atoms with Crippen LogP contribution in [-0.4, -0.2) is 13.7 Å². The van der Waals surface area contributed by atoms with Crippen LogP contribution in [0.2, 0.25) is 0 Å². The quantitative estimate of drug-likeness (QED) is 0.779. The van der Waals surface area contributed by atoms with Gasteiger partial charge in [-0.05, 0) is 25.0 Å². The highest BCUT2D eigenvalue weighted by Crippen LogP contribution is 2.30. The summed E-state index contributed by atoms with van der Waals surface area (Å²) in [4.78, 5) is -0.142. The number of rotatable bonds is 2. The van der Waals surface area contributed by atoms with Crippen LogP contribution in [0.5, 0.6) is 0 Å². The summed E-state index contributed by atoms with van der Waals surface area (Å²) in [6.45, 7) is 0. The second-order valence-corrected chi connectivity index (χ2v) is 6.08. The van der Waals surface area contributed by atoms with Gasteiger partial charge in [0.1, 0.15) is 10.7 Å². The molecule has 1 aromatic carbocycles. The highest BCUT2D eigenvalue weighted by Gasteiger charge is 2.31. The number of hydrogen-bond acceptors (Lipinski definition) is 2. The third kappa shape index (κ3) is 1.91. The van der Waals surface area contributed by atoms with Crippen molar-refractivity contribution >= 4 is 9.84 Å². The lowest BCUT2D eigenvalue weighted by Crippen LogP contribution is -2.18. The molecule has 1 aliphatic rings. The largest absolute Gasteiger partial charge is 0.223 e. The second-order valence-electron chi connectivity index (χ2n) is 3.88. The van der Waals surface area contributed by atoms with Gasteiger partial charge in [-0.1, -0.05) is 25.0 Å². The molecule has 0 bridgehead atoms. The molecule has 0 atom stereocenters. The summed E-state index contributed by atoms with van der Waals surface area (Å²) >= 11 is 0. The molecule has 1 saturated carbocycles. The van der Waals surface area contributed by atoms with E-state index in [4.69, 9.17) is 0 Å². The first-order valence-corrected chi connectivity index (χ1v) is 6.65. The summed E-state index contributed by atoms with van der Waals surface area (Å²) in [5.41, 5.74) is 0. The van der Waals surface area contributed by atoms with Gasteiger partial charge >= 0.3 is 0 Å². The Kier molecular flexibility index (Phi) is 2.78. The molecule has 0 heterocycles. The van der Waals surface area contributed by atoms with Gasteiger partial charge in [-0.2, -0.15) is 0 Å².